The van der Waals surface area contributed by atoms with Gasteiger partial charge >= 0.3 is 0 Å². The second kappa shape index (κ2) is 6.97. The van der Waals surface area contributed by atoms with Crippen molar-refractivity contribution in [1.82, 2.24) is 20.1 Å². The molecule has 0 atom stereocenters. The van der Waals surface area contributed by atoms with E-state index in [-0.39, 0.29) is 0 Å². The van der Waals surface area contributed by atoms with E-state index in [0.717, 1.165) is 63.8 Å². The van der Waals surface area contributed by atoms with Gasteiger partial charge in [0.05, 0.1) is 13.2 Å². The monoisotopic (exact) mass is 292 g/mol. The normalized spacial score (nSPS) is 16.6. The molecule has 2 aromatic heterocycles. The van der Waals surface area contributed by atoms with E-state index in [2.05, 4.69) is 37.6 Å². The summed E-state index contributed by atoms with van der Waals surface area (Å²) in [4.78, 5) is 8.33. The Kier molecular flexibility index (Phi) is 4.78. The van der Waals surface area contributed by atoms with E-state index >= 15 is 0 Å². The molecule has 108 valence electrons. The fourth-order valence-corrected chi connectivity index (χ4v) is 3.10. The van der Waals surface area contributed by atoms with Crippen LogP contribution in [0.5, 0.6) is 0 Å². The van der Waals surface area contributed by atoms with E-state index in [1.807, 2.05) is 0 Å². The van der Waals surface area contributed by atoms with Gasteiger partial charge in [0.15, 0.2) is 5.82 Å². The van der Waals surface area contributed by atoms with Crippen LogP contribution >= 0.6 is 11.3 Å². The zero-order valence-corrected chi connectivity index (χ0v) is 12.4. The standard InChI is InChI=1S/C14H20N4OS/c1(5-18-6-8-19-9-7-18)4-13-15-14(17-16-13)11-12-3-2-10-20-12/h2-3,10H,1,4-9,11H2,(H,15,16,17). The molecule has 0 unspecified atom stereocenters. The summed E-state index contributed by atoms with van der Waals surface area (Å²) in [6.07, 6.45) is 2.91. The number of thiophene rings is 1. The van der Waals surface area contributed by atoms with Crippen molar-refractivity contribution in [1.29, 1.82) is 0 Å². The third-order valence-corrected chi connectivity index (χ3v) is 4.35. The van der Waals surface area contributed by atoms with Crippen molar-refractivity contribution in [2.45, 2.75) is 19.3 Å². The first kappa shape index (κ1) is 13.7. The number of ether oxygens (including phenoxy) is 1. The highest BCUT2D eigenvalue weighted by Crippen LogP contribution is 2.12. The van der Waals surface area contributed by atoms with Gasteiger partial charge in [0, 0.05) is 30.8 Å². The molecule has 0 amide bonds. The molecule has 1 saturated heterocycles. The number of hydrogen-bond acceptors (Lipinski definition) is 5. The number of aromatic amines is 1. The maximum Gasteiger partial charge on any atom is 0.150 e. The minimum absolute atomic E-state index is 0.855. The third-order valence-electron chi connectivity index (χ3n) is 3.48. The molecule has 0 aliphatic carbocycles. The molecule has 5 nitrogen and oxygen atoms in total. The minimum Gasteiger partial charge on any atom is -0.379 e. The molecule has 1 fully saturated rings. The summed E-state index contributed by atoms with van der Waals surface area (Å²) in [5.74, 6) is 1.90. The molecule has 0 aromatic carbocycles. The maximum atomic E-state index is 5.35. The molecule has 1 aliphatic rings. The first-order valence-electron chi connectivity index (χ1n) is 7.13. The zero-order valence-electron chi connectivity index (χ0n) is 11.5. The predicted octanol–water partition coefficient (Wildman–Crippen LogP) is 1.72. The number of morpholine rings is 1. The average molecular weight is 292 g/mol. The van der Waals surface area contributed by atoms with Gasteiger partial charge in [-0.1, -0.05) is 6.07 Å². The van der Waals surface area contributed by atoms with Crippen LogP contribution in [0.4, 0.5) is 0 Å². The van der Waals surface area contributed by atoms with Crippen LogP contribution in [0.1, 0.15) is 22.9 Å². The van der Waals surface area contributed by atoms with Gasteiger partial charge < -0.3 is 4.74 Å². The topological polar surface area (TPSA) is 54.0 Å². The average Bonchev–Trinajstić information content (AvgIpc) is 3.13. The fraction of sp³-hybridized carbons (Fsp3) is 0.571. The van der Waals surface area contributed by atoms with Gasteiger partial charge in [0.2, 0.25) is 0 Å². The number of nitrogens with zero attached hydrogens (tertiary/aromatic N) is 3. The molecule has 0 bridgehead atoms. The van der Waals surface area contributed by atoms with Crippen molar-refractivity contribution in [3.05, 3.63) is 34.0 Å². The SMILES string of the molecule is c1csc(Cc2nc(CCCN3CCOCC3)n[nH]2)c1. The summed E-state index contributed by atoms with van der Waals surface area (Å²) >= 11 is 1.76. The Labute approximate surface area is 123 Å². The zero-order chi connectivity index (χ0) is 13.6. The van der Waals surface area contributed by atoms with Crippen LogP contribution < -0.4 is 0 Å². The number of H-pyrrole nitrogens is 1. The summed E-state index contributed by atoms with van der Waals surface area (Å²) in [7, 11) is 0. The molecule has 1 N–H and O–H groups in total. The lowest BCUT2D eigenvalue weighted by Crippen LogP contribution is -2.36. The van der Waals surface area contributed by atoms with Gasteiger partial charge in [0.25, 0.3) is 0 Å². The van der Waals surface area contributed by atoms with E-state index in [1.165, 1.54) is 4.88 Å². The van der Waals surface area contributed by atoms with Crippen LogP contribution in [0, 0.1) is 0 Å². The molecular formula is C14H20N4OS. The summed E-state index contributed by atoms with van der Waals surface area (Å²) < 4.78 is 5.35. The quantitative estimate of drug-likeness (QED) is 0.881. The fourth-order valence-electron chi connectivity index (χ4n) is 2.39. The Balaban J connectivity index is 1.42. The Hall–Kier alpha value is -1.24. The summed E-state index contributed by atoms with van der Waals surface area (Å²) in [6.45, 7) is 4.95. The Bertz CT molecular complexity index is 505. The van der Waals surface area contributed by atoms with Gasteiger partial charge in [0.1, 0.15) is 5.82 Å². The van der Waals surface area contributed by atoms with Crippen molar-refractivity contribution in [3.63, 3.8) is 0 Å². The van der Waals surface area contributed by atoms with Gasteiger partial charge in [-0.25, -0.2) is 4.98 Å². The van der Waals surface area contributed by atoms with Crippen LogP contribution in [0.2, 0.25) is 0 Å². The van der Waals surface area contributed by atoms with Crippen LogP contribution in [0.25, 0.3) is 0 Å². The predicted molar refractivity (Wildman–Crippen MR) is 79.1 cm³/mol. The number of aryl methyl sites for hydroxylation is 1. The van der Waals surface area contributed by atoms with Crippen molar-refractivity contribution in [2.75, 3.05) is 32.8 Å². The van der Waals surface area contributed by atoms with Crippen molar-refractivity contribution < 1.29 is 4.74 Å². The molecule has 6 heteroatoms. The Morgan fingerprint density at radius 2 is 2.25 bits per heavy atom. The highest BCUT2D eigenvalue weighted by Gasteiger charge is 2.10. The van der Waals surface area contributed by atoms with Crippen molar-refractivity contribution >= 4 is 11.3 Å². The highest BCUT2D eigenvalue weighted by atomic mass is 32.1. The van der Waals surface area contributed by atoms with Gasteiger partial charge in [-0.05, 0) is 24.4 Å². The van der Waals surface area contributed by atoms with E-state index in [0.29, 0.717) is 0 Å². The summed E-state index contributed by atoms with van der Waals surface area (Å²) in [5.41, 5.74) is 0. The van der Waals surface area contributed by atoms with E-state index in [9.17, 15) is 0 Å². The second-order valence-electron chi connectivity index (χ2n) is 5.01. The number of aromatic nitrogens is 3. The van der Waals surface area contributed by atoms with Crippen LogP contribution in [-0.4, -0.2) is 52.9 Å². The molecule has 3 heterocycles. The van der Waals surface area contributed by atoms with Crippen LogP contribution in [-0.2, 0) is 17.6 Å². The molecule has 20 heavy (non-hydrogen) atoms. The van der Waals surface area contributed by atoms with Crippen LogP contribution in [0.3, 0.4) is 0 Å². The lowest BCUT2D eigenvalue weighted by atomic mass is 10.2. The molecule has 3 rings (SSSR count). The lowest BCUT2D eigenvalue weighted by molar-refractivity contribution is 0.0374. The first-order valence-corrected chi connectivity index (χ1v) is 8.01. The van der Waals surface area contributed by atoms with Crippen molar-refractivity contribution in [2.24, 2.45) is 0 Å². The molecule has 0 saturated carbocycles. The summed E-state index contributed by atoms with van der Waals surface area (Å²) in [6, 6.07) is 4.20. The highest BCUT2D eigenvalue weighted by molar-refractivity contribution is 7.09. The van der Waals surface area contributed by atoms with E-state index in [1.54, 1.807) is 11.3 Å². The van der Waals surface area contributed by atoms with Crippen molar-refractivity contribution in [3.8, 4) is 0 Å². The Morgan fingerprint density at radius 3 is 3.05 bits per heavy atom. The van der Waals surface area contributed by atoms with E-state index in [4.69, 9.17) is 4.74 Å². The number of hydrogen-bond donors (Lipinski definition) is 1. The molecule has 0 spiro atoms. The molecule has 2 aromatic rings. The first-order chi connectivity index (χ1) is 9.90. The van der Waals surface area contributed by atoms with Crippen LogP contribution in [0.15, 0.2) is 17.5 Å². The lowest BCUT2D eigenvalue weighted by Gasteiger charge is -2.26. The van der Waals surface area contributed by atoms with Gasteiger partial charge in [-0.2, -0.15) is 5.10 Å². The number of nitrogens with one attached hydrogen (secondary N) is 1. The van der Waals surface area contributed by atoms with Gasteiger partial charge in [-0.3, -0.25) is 10.00 Å². The Morgan fingerprint density at radius 1 is 1.35 bits per heavy atom. The maximum absolute atomic E-state index is 5.35. The molecule has 1 aliphatic heterocycles. The third kappa shape index (κ3) is 3.88. The smallest absolute Gasteiger partial charge is 0.150 e. The van der Waals surface area contributed by atoms with Gasteiger partial charge in [-0.15, -0.1) is 11.3 Å². The van der Waals surface area contributed by atoms with E-state index < -0.39 is 0 Å². The largest absolute Gasteiger partial charge is 0.379 e. The molecular weight excluding hydrogens is 272 g/mol. The summed E-state index contributed by atoms with van der Waals surface area (Å²) in [5, 5.41) is 9.44. The second-order valence-corrected chi connectivity index (χ2v) is 6.04. The number of rotatable bonds is 6. The molecule has 0 radical (unpaired) electrons. The minimum atomic E-state index is 0.855.